The first kappa shape index (κ1) is 22.1. The van der Waals surface area contributed by atoms with Crippen molar-refractivity contribution in [1.29, 1.82) is 0 Å². The standard InChI is InChI=1S/C26H23NO3S2/c1-18-3-5-21(6-4-18)17-30-23-13-7-19(8-14-23)15-24-25(28)27(26(31)32-24)16-20-9-11-22(29-2)12-10-20/h3-15H,16-17H2,1-2H3/b24-15-. The van der Waals surface area contributed by atoms with Gasteiger partial charge in [-0.1, -0.05) is 78.1 Å². The van der Waals surface area contributed by atoms with Crippen LogP contribution in [0.1, 0.15) is 22.3 Å². The second-order valence-electron chi connectivity index (χ2n) is 7.46. The van der Waals surface area contributed by atoms with Crippen LogP contribution in [-0.4, -0.2) is 22.2 Å². The number of thioether (sulfide) groups is 1. The number of thiocarbonyl (C=S) groups is 1. The van der Waals surface area contributed by atoms with Crippen molar-refractivity contribution < 1.29 is 14.3 Å². The number of aryl methyl sites for hydroxylation is 1. The lowest BCUT2D eigenvalue weighted by Crippen LogP contribution is -2.27. The Bertz CT molecular complexity index is 1140. The molecule has 6 heteroatoms. The summed E-state index contributed by atoms with van der Waals surface area (Å²) in [6.45, 7) is 3.03. The molecule has 32 heavy (non-hydrogen) atoms. The molecule has 0 saturated carbocycles. The number of hydrogen-bond donors (Lipinski definition) is 0. The van der Waals surface area contributed by atoms with E-state index >= 15 is 0 Å². The number of ether oxygens (including phenoxy) is 2. The van der Waals surface area contributed by atoms with Crippen LogP contribution in [0, 0.1) is 6.92 Å². The maximum absolute atomic E-state index is 12.9. The molecular formula is C26H23NO3S2. The molecule has 0 radical (unpaired) electrons. The van der Waals surface area contributed by atoms with Crippen molar-refractivity contribution in [2.24, 2.45) is 0 Å². The van der Waals surface area contributed by atoms with Gasteiger partial charge in [-0.05, 0) is 54.0 Å². The van der Waals surface area contributed by atoms with E-state index in [1.807, 2.05) is 54.6 Å². The van der Waals surface area contributed by atoms with Crippen LogP contribution in [0.15, 0.2) is 77.7 Å². The fraction of sp³-hybridized carbons (Fsp3) is 0.154. The maximum atomic E-state index is 12.9. The van der Waals surface area contributed by atoms with Crippen LogP contribution >= 0.6 is 24.0 Å². The minimum atomic E-state index is -0.0736. The number of methoxy groups -OCH3 is 1. The van der Waals surface area contributed by atoms with Gasteiger partial charge in [0, 0.05) is 0 Å². The molecule has 0 aliphatic carbocycles. The second kappa shape index (κ2) is 10.0. The highest BCUT2D eigenvalue weighted by Crippen LogP contribution is 2.34. The molecule has 0 atom stereocenters. The molecular weight excluding hydrogens is 438 g/mol. The van der Waals surface area contributed by atoms with Gasteiger partial charge in [0.2, 0.25) is 0 Å². The third-order valence-electron chi connectivity index (χ3n) is 5.08. The first-order valence-electron chi connectivity index (χ1n) is 10.2. The Morgan fingerprint density at radius 2 is 1.53 bits per heavy atom. The van der Waals surface area contributed by atoms with Crippen LogP contribution in [0.2, 0.25) is 0 Å². The summed E-state index contributed by atoms with van der Waals surface area (Å²) >= 11 is 6.78. The van der Waals surface area contributed by atoms with Gasteiger partial charge in [-0.2, -0.15) is 0 Å². The lowest BCUT2D eigenvalue weighted by molar-refractivity contribution is -0.122. The van der Waals surface area contributed by atoms with Gasteiger partial charge >= 0.3 is 0 Å². The Kier molecular flexibility index (Phi) is 6.93. The Balaban J connectivity index is 1.39. The quantitative estimate of drug-likeness (QED) is 0.319. The van der Waals surface area contributed by atoms with Gasteiger partial charge in [0.25, 0.3) is 5.91 Å². The van der Waals surface area contributed by atoms with Crippen LogP contribution < -0.4 is 9.47 Å². The minimum absolute atomic E-state index is 0.0736. The normalized spacial score (nSPS) is 14.8. The summed E-state index contributed by atoms with van der Waals surface area (Å²) in [6, 6.07) is 23.6. The van der Waals surface area contributed by atoms with E-state index in [0.29, 0.717) is 22.4 Å². The molecule has 0 bridgehead atoms. The minimum Gasteiger partial charge on any atom is -0.497 e. The molecule has 0 spiro atoms. The second-order valence-corrected chi connectivity index (χ2v) is 9.14. The number of hydrogen-bond acceptors (Lipinski definition) is 5. The van der Waals surface area contributed by atoms with Crippen molar-refractivity contribution >= 4 is 40.3 Å². The SMILES string of the molecule is COc1ccc(CN2C(=O)/C(=C/c3ccc(OCc4ccc(C)cc4)cc3)SC2=S)cc1. The third-order valence-corrected chi connectivity index (χ3v) is 6.46. The van der Waals surface area contributed by atoms with Gasteiger partial charge in [0.05, 0.1) is 18.6 Å². The van der Waals surface area contributed by atoms with E-state index in [2.05, 4.69) is 31.2 Å². The molecule has 4 nitrogen and oxygen atoms in total. The molecule has 3 aromatic carbocycles. The topological polar surface area (TPSA) is 38.8 Å². The fourth-order valence-electron chi connectivity index (χ4n) is 3.21. The summed E-state index contributed by atoms with van der Waals surface area (Å²) < 4.78 is 11.6. The summed E-state index contributed by atoms with van der Waals surface area (Å²) in [5.74, 6) is 1.50. The molecule has 4 rings (SSSR count). The van der Waals surface area contributed by atoms with Crippen molar-refractivity contribution in [3.63, 3.8) is 0 Å². The third kappa shape index (κ3) is 5.39. The van der Waals surface area contributed by atoms with Gasteiger partial charge in [0.15, 0.2) is 0 Å². The smallest absolute Gasteiger partial charge is 0.266 e. The van der Waals surface area contributed by atoms with Gasteiger partial charge in [-0.3, -0.25) is 9.69 Å². The molecule has 162 valence electrons. The highest BCUT2D eigenvalue weighted by molar-refractivity contribution is 8.26. The summed E-state index contributed by atoms with van der Waals surface area (Å²) in [7, 11) is 1.63. The monoisotopic (exact) mass is 461 g/mol. The van der Waals surface area contributed by atoms with E-state index in [9.17, 15) is 4.79 Å². The first-order valence-corrected chi connectivity index (χ1v) is 11.4. The van der Waals surface area contributed by atoms with Gasteiger partial charge in [-0.25, -0.2) is 0 Å². The number of amides is 1. The Labute approximate surface area is 197 Å². The summed E-state index contributed by atoms with van der Waals surface area (Å²) in [5, 5.41) is 0. The van der Waals surface area contributed by atoms with Crippen molar-refractivity contribution in [2.75, 3.05) is 7.11 Å². The number of benzene rings is 3. The Morgan fingerprint density at radius 1 is 0.906 bits per heavy atom. The summed E-state index contributed by atoms with van der Waals surface area (Å²) in [5.41, 5.74) is 4.28. The van der Waals surface area contributed by atoms with Crippen LogP contribution in [0.4, 0.5) is 0 Å². The lowest BCUT2D eigenvalue weighted by Gasteiger charge is -2.14. The van der Waals surface area contributed by atoms with Crippen molar-refractivity contribution in [3.05, 3.63) is 100.0 Å². The van der Waals surface area contributed by atoms with E-state index in [0.717, 1.165) is 28.2 Å². The zero-order valence-electron chi connectivity index (χ0n) is 17.9. The van der Waals surface area contributed by atoms with E-state index in [1.165, 1.54) is 17.3 Å². The van der Waals surface area contributed by atoms with Gasteiger partial charge in [-0.15, -0.1) is 0 Å². The van der Waals surface area contributed by atoms with Crippen molar-refractivity contribution in [3.8, 4) is 11.5 Å². The molecule has 1 aliphatic rings. The van der Waals surface area contributed by atoms with Crippen LogP contribution in [0.3, 0.4) is 0 Å². The average molecular weight is 462 g/mol. The predicted octanol–water partition coefficient (Wildman–Crippen LogP) is 5.98. The molecule has 0 N–H and O–H groups in total. The zero-order valence-corrected chi connectivity index (χ0v) is 19.5. The molecule has 1 aliphatic heterocycles. The number of carbonyl (C=O) groups excluding carboxylic acids is 1. The maximum Gasteiger partial charge on any atom is 0.266 e. The van der Waals surface area contributed by atoms with Crippen LogP contribution in [0.25, 0.3) is 6.08 Å². The van der Waals surface area contributed by atoms with Crippen LogP contribution in [-0.2, 0) is 17.9 Å². The summed E-state index contributed by atoms with van der Waals surface area (Å²) in [6.07, 6.45) is 1.87. The average Bonchev–Trinajstić information content (AvgIpc) is 3.07. The van der Waals surface area contributed by atoms with E-state index in [1.54, 1.807) is 12.0 Å². The number of rotatable bonds is 7. The van der Waals surface area contributed by atoms with Crippen molar-refractivity contribution in [2.45, 2.75) is 20.1 Å². The molecule has 3 aromatic rings. The Hall–Kier alpha value is -3.09. The molecule has 1 heterocycles. The van der Waals surface area contributed by atoms with Crippen LogP contribution in [0.5, 0.6) is 11.5 Å². The highest BCUT2D eigenvalue weighted by Gasteiger charge is 2.31. The van der Waals surface area contributed by atoms with E-state index < -0.39 is 0 Å². The molecule has 1 fully saturated rings. The zero-order chi connectivity index (χ0) is 22.5. The predicted molar refractivity (Wildman–Crippen MR) is 134 cm³/mol. The van der Waals surface area contributed by atoms with Crippen molar-refractivity contribution in [1.82, 2.24) is 4.90 Å². The van der Waals surface area contributed by atoms with E-state index in [-0.39, 0.29) is 5.91 Å². The molecule has 1 saturated heterocycles. The molecule has 0 aromatic heterocycles. The highest BCUT2D eigenvalue weighted by atomic mass is 32.2. The number of carbonyl (C=O) groups is 1. The van der Waals surface area contributed by atoms with Gasteiger partial charge in [0.1, 0.15) is 22.4 Å². The fourth-order valence-corrected chi connectivity index (χ4v) is 4.47. The lowest BCUT2D eigenvalue weighted by atomic mass is 10.1. The van der Waals surface area contributed by atoms with Gasteiger partial charge < -0.3 is 9.47 Å². The molecule has 0 unspecified atom stereocenters. The largest absolute Gasteiger partial charge is 0.497 e. The molecule has 1 amide bonds. The Morgan fingerprint density at radius 3 is 2.19 bits per heavy atom. The van der Waals surface area contributed by atoms with E-state index in [4.69, 9.17) is 21.7 Å². The summed E-state index contributed by atoms with van der Waals surface area (Å²) in [4.78, 5) is 15.2. The number of nitrogens with zero attached hydrogens (tertiary/aromatic N) is 1. The first-order chi connectivity index (χ1) is 15.5.